The van der Waals surface area contributed by atoms with Gasteiger partial charge in [0, 0.05) is 17.5 Å². The molecule has 3 aromatic rings. The first-order chi connectivity index (χ1) is 16.1. The second kappa shape index (κ2) is 13.0. The molecule has 0 saturated heterocycles. The van der Waals surface area contributed by atoms with Gasteiger partial charge in [0.1, 0.15) is 12.4 Å². The third-order valence-electron chi connectivity index (χ3n) is 5.04. The molecule has 3 aromatic carbocycles. The smallest absolute Gasteiger partial charge is 0.335 e. The summed E-state index contributed by atoms with van der Waals surface area (Å²) in [7, 11) is 0. The van der Waals surface area contributed by atoms with Crippen molar-refractivity contribution in [3.8, 4) is 5.75 Å². The molecular formula is C28H29BrO4. The highest BCUT2D eigenvalue weighted by Gasteiger charge is 2.20. The van der Waals surface area contributed by atoms with Gasteiger partial charge in [0.05, 0.1) is 6.61 Å². The molecule has 0 radical (unpaired) electrons. The zero-order chi connectivity index (χ0) is 23.5. The van der Waals surface area contributed by atoms with Crippen LogP contribution < -0.4 is 4.74 Å². The first-order valence-electron chi connectivity index (χ1n) is 11.1. The van der Waals surface area contributed by atoms with Gasteiger partial charge in [-0.2, -0.15) is 0 Å². The highest BCUT2D eigenvalue weighted by molar-refractivity contribution is 9.10. The van der Waals surface area contributed by atoms with Gasteiger partial charge in [-0.3, -0.25) is 0 Å². The molecule has 0 fully saturated rings. The van der Waals surface area contributed by atoms with Crippen LogP contribution in [0.2, 0.25) is 0 Å². The van der Waals surface area contributed by atoms with E-state index in [1.165, 1.54) is 0 Å². The highest BCUT2D eigenvalue weighted by atomic mass is 79.9. The Labute approximate surface area is 204 Å². The summed E-state index contributed by atoms with van der Waals surface area (Å²) in [5.41, 5.74) is 4.38. The standard InChI is InChI=1S/C28H29BrO4/c1-3-31-27(28(30)32-4-2)20-21-10-16-25(17-11-21)33-19-18-26(22-8-6-5-7-9-22)23-12-14-24(29)15-13-23/h5-18,27H,3-4,19-20H2,1-2H3/t27-/m0/s1. The summed E-state index contributed by atoms with van der Waals surface area (Å²) < 4.78 is 17.7. The monoisotopic (exact) mass is 508 g/mol. The lowest BCUT2D eigenvalue weighted by atomic mass is 9.98. The molecule has 0 bridgehead atoms. The Morgan fingerprint density at radius 3 is 2.18 bits per heavy atom. The van der Waals surface area contributed by atoms with Crippen LogP contribution in [0.5, 0.6) is 5.75 Å². The van der Waals surface area contributed by atoms with Gasteiger partial charge in [-0.05, 0) is 66.5 Å². The molecule has 0 saturated carbocycles. The third kappa shape index (κ3) is 7.58. The van der Waals surface area contributed by atoms with Gasteiger partial charge in [-0.15, -0.1) is 0 Å². The summed E-state index contributed by atoms with van der Waals surface area (Å²) in [6.45, 7) is 4.90. The SMILES string of the molecule is CCOC(=O)[C@H](Cc1ccc(OCC=C(c2ccccc2)c2ccc(Br)cc2)cc1)OCC. The number of halogens is 1. The van der Waals surface area contributed by atoms with E-state index in [0.717, 1.165) is 32.5 Å². The van der Waals surface area contributed by atoms with Crippen molar-refractivity contribution >= 4 is 27.5 Å². The average Bonchev–Trinajstić information content (AvgIpc) is 2.84. The van der Waals surface area contributed by atoms with E-state index in [0.29, 0.717) is 26.2 Å². The summed E-state index contributed by atoms with van der Waals surface area (Å²) in [4.78, 5) is 12.1. The van der Waals surface area contributed by atoms with Crippen molar-refractivity contribution in [3.05, 3.63) is 106 Å². The Bertz CT molecular complexity index is 1030. The van der Waals surface area contributed by atoms with Crippen LogP contribution in [0.4, 0.5) is 0 Å². The number of hydrogen-bond donors (Lipinski definition) is 0. The largest absolute Gasteiger partial charge is 0.490 e. The first kappa shape index (κ1) is 24.7. The Kier molecular flexibility index (Phi) is 9.73. The molecule has 0 aromatic heterocycles. The minimum Gasteiger partial charge on any atom is -0.490 e. The molecule has 172 valence electrons. The van der Waals surface area contributed by atoms with E-state index in [9.17, 15) is 4.79 Å². The van der Waals surface area contributed by atoms with Gasteiger partial charge in [0.25, 0.3) is 0 Å². The van der Waals surface area contributed by atoms with Gasteiger partial charge >= 0.3 is 5.97 Å². The van der Waals surface area contributed by atoms with Crippen molar-refractivity contribution in [2.75, 3.05) is 19.8 Å². The maximum Gasteiger partial charge on any atom is 0.335 e. The molecule has 0 spiro atoms. The molecule has 5 heteroatoms. The van der Waals surface area contributed by atoms with Crippen LogP contribution in [-0.4, -0.2) is 31.9 Å². The number of carbonyl (C=O) groups is 1. The summed E-state index contributed by atoms with van der Waals surface area (Å²) in [6.07, 6.45) is 1.97. The van der Waals surface area contributed by atoms with Crippen LogP contribution in [0.3, 0.4) is 0 Å². The number of rotatable bonds is 11. The maximum absolute atomic E-state index is 12.1. The van der Waals surface area contributed by atoms with Gasteiger partial charge in [-0.25, -0.2) is 4.79 Å². The summed E-state index contributed by atoms with van der Waals surface area (Å²) in [5.74, 6) is 0.438. The maximum atomic E-state index is 12.1. The fourth-order valence-electron chi connectivity index (χ4n) is 3.45. The number of ether oxygens (including phenoxy) is 3. The predicted octanol–water partition coefficient (Wildman–Crippen LogP) is 6.47. The number of benzene rings is 3. The molecule has 3 rings (SSSR count). The fourth-order valence-corrected chi connectivity index (χ4v) is 3.72. The van der Waals surface area contributed by atoms with E-state index in [1.54, 1.807) is 6.92 Å². The van der Waals surface area contributed by atoms with Crippen molar-refractivity contribution in [2.45, 2.75) is 26.4 Å². The molecule has 4 nitrogen and oxygen atoms in total. The Hall–Kier alpha value is -2.89. The van der Waals surface area contributed by atoms with Crippen molar-refractivity contribution < 1.29 is 19.0 Å². The zero-order valence-corrected chi connectivity index (χ0v) is 20.6. The molecule has 0 N–H and O–H groups in total. The van der Waals surface area contributed by atoms with Gasteiger partial charge in [0.15, 0.2) is 6.10 Å². The van der Waals surface area contributed by atoms with Gasteiger partial charge in [0.2, 0.25) is 0 Å². The second-order valence-electron chi connectivity index (χ2n) is 7.35. The van der Waals surface area contributed by atoms with Crippen molar-refractivity contribution in [2.24, 2.45) is 0 Å². The van der Waals surface area contributed by atoms with Crippen molar-refractivity contribution in [1.82, 2.24) is 0 Å². The topological polar surface area (TPSA) is 44.8 Å². The zero-order valence-electron chi connectivity index (χ0n) is 19.0. The normalized spacial score (nSPS) is 12.3. The Balaban J connectivity index is 1.67. The average molecular weight is 509 g/mol. The van der Waals surface area contributed by atoms with Crippen molar-refractivity contribution in [1.29, 1.82) is 0 Å². The third-order valence-corrected chi connectivity index (χ3v) is 5.57. The van der Waals surface area contributed by atoms with Gasteiger partial charge in [-0.1, -0.05) is 70.5 Å². The summed E-state index contributed by atoms with van der Waals surface area (Å²) in [6, 6.07) is 26.3. The van der Waals surface area contributed by atoms with E-state index in [-0.39, 0.29) is 5.97 Å². The lowest BCUT2D eigenvalue weighted by Gasteiger charge is -2.15. The highest BCUT2D eigenvalue weighted by Crippen LogP contribution is 2.25. The molecule has 1 atom stereocenters. The molecule has 33 heavy (non-hydrogen) atoms. The molecule has 0 unspecified atom stereocenters. The van der Waals surface area contributed by atoms with Crippen molar-refractivity contribution in [3.63, 3.8) is 0 Å². The number of esters is 1. The minimum atomic E-state index is -0.594. The van der Waals surface area contributed by atoms with Crippen LogP contribution >= 0.6 is 15.9 Å². The number of carbonyl (C=O) groups excluding carboxylic acids is 1. The lowest BCUT2D eigenvalue weighted by Crippen LogP contribution is -2.28. The van der Waals surface area contributed by atoms with E-state index in [4.69, 9.17) is 14.2 Å². The molecular weight excluding hydrogens is 480 g/mol. The lowest BCUT2D eigenvalue weighted by molar-refractivity contribution is -0.156. The second-order valence-corrected chi connectivity index (χ2v) is 8.26. The quantitative estimate of drug-likeness (QED) is 0.278. The predicted molar refractivity (Wildman–Crippen MR) is 135 cm³/mol. The van der Waals surface area contributed by atoms with E-state index in [1.807, 2.05) is 61.5 Å². The molecule has 0 aliphatic rings. The fraction of sp³-hybridized carbons (Fsp3) is 0.250. The molecule has 0 aliphatic heterocycles. The minimum absolute atomic E-state index is 0.328. The Morgan fingerprint density at radius 1 is 0.879 bits per heavy atom. The van der Waals surface area contributed by atoms with Crippen LogP contribution in [0.15, 0.2) is 89.4 Å². The molecule has 0 amide bonds. The first-order valence-corrected chi connectivity index (χ1v) is 11.9. The van der Waals surface area contributed by atoms with E-state index in [2.05, 4.69) is 46.3 Å². The van der Waals surface area contributed by atoms with Gasteiger partial charge < -0.3 is 14.2 Å². The van der Waals surface area contributed by atoms with E-state index < -0.39 is 6.10 Å². The Morgan fingerprint density at radius 2 is 1.55 bits per heavy atom. The molecule has 0 aliphatic carbocycles. The van der Waals surface area contributed by atoms with Crippen LogP contribution in [-0.2, 0) is 20.7 Å². The van der Waals surface area contributed by atoms with Crippen LogP contribution in [0.1, 0.15) is 30.5 Å². The number of hydrogen-bond acceptors (Lipinski definition) is 4. The summed E-state index contributed by atoms with van der Waals surface area (Å²) >= 11 is 3.50. The molecule has 0 heterocycles. The van der Waals surface area contributed by atoms with E-state index >= 15 is 0 Å². The summed E-state index contributed by atoms with van der Waals surface area (Å²) in [5, 5.41) is 0. The van der Waals surface area contributed by atoms with Crippen LogP contribution in [0.25, 0.3) is 5.57 Å². The van der Waals surface area contributed by atoms with Crippen LogP contribution in [0, 0.1) is 0 Å².